The van der Waals surface area contributed by atoms with Crippen LogP contribution in [0.15, 0.2) is 5.16 Å². The highest BCUT2D eigenvalue weighted by atomic mass is 32.2. The van der Waals surface area contributed by atoms with Crippen molar-refractivity contribution in [1.29, 1.82) is 0 Å². The van der Waals surface area contributed by atoms with E-state index in [4.69, 9.17) is 0 Å². The molecule has 8 heteroatoms. The number of aryl methyl sites for hydroxylation is 1. The molecule has 0 radical (unpaired) electrons. The topological polar surface area (TPSA) is 93.5 Å². The maximum atomic E-state index is 12.8. The smallest absolute Gasteiger partial charge is 0.210 e. The SMILES string of the molecule is CC(=O)c1c(C)[nH]c(C(=O)[C@@H](C)Sc2nnnn2C(C)(C)C)c1C. The summed E-state index contributed by atoms with van der Waals surface area (Å²) in [5.41, 5.74) is 2.23. The second-order valence-corrected chi connectivity index (χ2v) is 8.16. The molecule has 0 aliphatic carbocycles. The lowest BCUT2D eigenvalue weighted by molar-refractivity contribution is 0.0988. The minimum Gasteiger partial charge on any atom is -0.355 e. The number of rotatable bonds is 5. The first-order valence-electron chi connectivity index (χ1n) is 7.73. The van der Waals surface area contributed by atoms with Crippen molar-refractivity contribution in [3.05, 3.63) is 22.5 Å². The predicted octanol–water partition coefficient (Wildman–Crippen LogP) is 2.94. The van der Waals surface area contributed by atoms with E-state index in [9.17, 15) is 9.59 Å². The Bertz CT molecular complexity index is 785. The number of thioether (sulfide) groups is 1. The Labute approximate surface area is 145 Å². The van der Waals surface area contributed by atoms with Crippen molar-refractivity contribution in [1.82, 2.24) is 25.2 Å². The fraction of sp³-hybridized carbons (Fsp3) is 0.562. The van der Waals surface area contributed by atoms with E-state index in [-0.39, 0.29) is 22.4 Å². The zero-order chi connectivity index (χ0) is 18.2. The van der Waals surface area contributed by atoms with Gasteiger partial charge in [-0.3, -0.25) is 9.59 Å². The van der Waals surface area contributed by atoms with Gasteiger partial charge in [-0.15, -0.1) is 5.10 Å². The number of Topliss-reactive ketones (excluding diaryl/α,β-unsaturated/α-hetero) is 2. The summed E-state index contributed by atoms with van der Waals surface area (Å²) in [7, 11) is 0. The summed E-state index contributed by atoms with van der Waals surface area (Å²) in [5, 5.41) is 11.9. The molecule has 0 aromatic carbocycles. The van der Waals surface area contributed by atoms with Crippen molar-refractivity contribution in [3.8, 4) is 0 Å². The maximum Gasteiger partial charge on any atom is 0.210 e. The fourth-order valence-corrected chi connectivity index (χ4v) is 3.65. The van der Waals surface area contributed by atoms with E-state index >= 15 is 0 Å². The normalized spacial score (nSPS) is 13.1. The number of carbonyl (C=O) groups is 2. The van der Waals surface area contributed by atoms with Gasteiger partial charge in [0.2, 0.25) is 5.16 Å². The van der Waals surface area contributed by atoms with Crippen LogP contribution in [0.5, 0.6) is 0 Å². The Morgan fingerprint density at radius 1 is 1.25 bits per heavy atom. The Morgan fingerprint density at radius 3 is 2.38 bits per heavy atom. The monoisotopic (exact) mass is 349 g/mol. The van der Waals surface area contributed by atoms with E-state index in [1.807, 2.05) is 27.7 Å². The van der Waals surface area contributed by atoms with E-state index < -0.39 is 0 Å². The van der Waals surface area contributed by atoms with Crippen LogP contribution < -0.4 is 0 Å². The number of nitrogens with one attached hydrogen (secondary N) is 1. The highest BCUT2D eigenvalue weighted by Crippen LogP contribution is 2.28. The molecule has 0 fully saturated rings. The Balaban J connectivity index is 2.27. The van der Waals surface area contributed by atoms with E-state index in [1.54, 1.807) is 18.5 Å². The van der Waals surface area contributed by atoms with Crippen LogP contribution in [0.4, 0.5) is 0 Å². The quantitative estimate of drug-likeness (QED) is 0.659. The molecule has 2 heterocycles. The van der Waals surface area contributed by atoms with Gasteiger partial charge in [0.05, 0.1) is 16.5 Å². The van der Waals surface area contributed by atoms with Gasteiger partial charge in [0.15, 0.2) is 11.6 Å². The van der Waals surface area contributed by atoms with Gasteiger partial charge in [-0.2, -0.15) is 0 Å². The molecule has 0 spiro atoms. The molecule has 1 atom stereocenters. The molecule has 7 nitrogen and oxygen atoms in total. The number of tetrazole rings is 1. The number of aromatic amines is 1. The third-order valence-electron chi connectivity index (χ3n) is 3.76. The second-order valence-electron chi connectivity index (χ2n) is 6.85. The molecule has 2 aromatic heterocycles. The van der Waals surface area contributed by atoms with Crippen molar-refractivity contribution in [2.24, 2.45) is 0 Å². The van der Waals surface area contributed by atoms with Crippen molar-refractivity contribution in [2.45, 2.75) is 64.4 Å². The molecule has 2 rings (SSSR count). The summed E-state index contributed by atoms with van der Waals surface area (Å²) in [6, 6.07) is 0. The van der Waals surface area contributed by atoms with E-state index in [0.29, 0.717) is 22.0 Å². The molecule has 0 amide bonds. The Hall–Kier alpha value is -1.96. The maximum absolute atomic E-state index is 12.8. The van der Waals surface area contributed by atoms with Crippen molar-refractivity contribution < 1.29 is 9.59 Å². The summed E-state index contributed by atoms with van der Waals surface area (Å²) in [4.78, 5) is 27.6. The van der Waals surface area contributed by atoms with Crippen molar-refractivity contribution in [2.75, 3.05) is 0 Å². The molecule has 0 unspecified atom stereocenters. The number of hydrogen-bond donors (Lipinski definition) is 1. The third kappa shape index (κ3) is 3.43. The van der Waals surface area contributed by atoms with Gasteiger partial charge >= 0.3 is 0 Å². The van der Waals surface area contributed by atoms with Gasteiger partial charge in [-0.25, -0.2) is 4.68 Å². The largest absolute Gasteiger partial charge is 0.355 e. The summed E-state index contributed by atoms with van der Waals surface area (Å²) >= 11 is 1.31. The van der Waals surface area contributed by atoms with Crippen LogP contribution >= 0.6 is 11.8 Å². The molecule has 130 valence electrons. The van der Waals surface area contributed by atoms with E-state index in [0.717, 1.165) is 5.69 Å². The van der Waals surface area contributed by atoms with Gasteiger partial charge < -0.3 is 4.98 Å². The summed E-state index contributed by atoms with van der Waals surface area (Å²) in [6.45, 7) is 12.9. The minimum atomic E-state index is -0.381. The number of nitrogens with zero attached hydrogens (tertiary/aromatic N) is 4. The summed E-state index contributed by atoms with van der Waals surface area (Å²) < 4.78 is 1.70. The zero-order valence-electron chi connectivity index (χ0n) is 15.1. The van der Waals surface area contributed by atoms with Gasteiger partial charge in [0, 0.05) is 11.3 Å². The van der Waals surface area contributed by atoms with Crippen LogP contribution in [0.1, 0.15) is 66.7 Å². The Morgan fingerprint density at radius 2 is 1.88 bits per heavy atom. The number of H-pyrrole nitrogens is 1. The molecule has 1 N–H and O–H groups in total. The Kier molecular flexibility index (Phi) is 4.98. The summed E-state index contributed by atoms with van der Waals surface area (Å²) in [6.07, 6.45) is 0. The van der Waals surface area contributed by atoms with E-state index in [1.165, 1.54) is 18.7 Å². The van der Waals surface area contributed by atoms with E-state index in [2.05, 4.69) is 20.5 Å². The molecule has 0 saturated heterocycles. The number of carbonyl (C=O) groups excluding carboxylic acids is 2. The average molecular weight is 349 g/mol. The standard InChI is InChI=1S/C16H23N5O2S/c1-8-12(10(3)22)9(2)17-13(8)14(23)11(4)24-15-18-19-20-21(15)16(5,6)7/h11,17H,1-7H3/t11-/m1/s1. The van der Waals surface area contributed by atoms with Crippen molar-refractivity contribution >= 4 is 23.3 Å². The lowest BCUT2D eigenvalue weighted by atomic mass is 10.0. The molecular weight excluding hydrogens is 326 g/mol. The highest BCUT2D eigenvalue weighted by molar-refractivity contribution is 8.00. The first kappa shape index (κ1) is 18.4. The van der Waals surface area contributed by atoms with Crippen LogP contribution in [-0.4, -0.2) is 42.0 Å². The first-order chi connectivity index (χ1) is 11.0. The summed E-state index contributed by atoms with van der Waals surface area (Å²) in [5.74, 6) is -0.117. The lowest BCUT2D eigenvalue weighted by Crippen LogP contribution is -2.25. The fourth-order valence-electron chi connectivity index (χ4n) is 2.61. The first-order valence-corrected chi connectivity index (χ1v) is 8.61. The molecule has 2 aromatic rings. The number of hydrogen-bond acceptors (Lipinski definition) is 6. The number of ketones is 2. The molecule has 24 heavy (non-hydrogen) atoms. The minimum absolute atomic E-state index is 0.0442. The van der Waals surface area contributed by atoms with Gasteiger partial charge in [-0.1, -0.05) is 11.8 Å². The molecule has 0 bridgehead atoms. The van der Waals surface area contributed by atoms with Crippen LogP contribution in [0.2, 0.25) is 0 Å². The average Bonchev–Trinajstić information content (AvgIpc) is 3.02. The molecule has 0 saturated carbocycles. The van der Waals surface area contributed by atoms with Gasteiger partial charge in [-0.05, 0) is 64.5 Å². The number of aromatic nitrogens is 5. The van der Waals surface area contributed by atoms with Gasteiger partial charge in [0.25, 0.3) is 0 Å². The second kappa shape index (κ2) is 6.51. The molecule has 0 aliphatic heterocycles. The van der Waals surface area contributed by atoms with Crippen molar-refractivity contribution in [3.63, 3.8) is 0 Å². The van der Waals surface area contributed by atoms with Crippen LogP contribution in [0.3, 0.4) is 0 Å². The molecule has 0 aliphatic rings. The lowest BCUT2D eigenvalue weighted by Gasteiger charge is -2.20. The van der Waals surface area contributed by atoms with Crippen LogP contribution in [-0.2, 0) is 5.54 Å². The molecular formula is C16H23N5O2S. The van der Waals surface area contributed by atoms with Crippen LogP contribution in [0, 0.1) is 13.8 Å². The zero-order valence-corrected chi connectivity index (χ0v) is 15.9. The predicted molar refractivity (Wildman–Crippen MR) is 92.7 cm³/mol. The third-order valence-corrected chi connectivity index (χ3v) is 4.80. The van der Waals surface area contributed by atoms with Crippen LogP contribution in [0.25, 0.3) is 0 Å². The highest BCUT2D eigenvalue weighted by Gasteiger charge is 2.27. The van der Waals surface area contributed by atoms with Gasteiger partial charge in [0.1, 0.15) is 0 Å².